The van der Waals surface area contributed by atoms with Crippen molar-refractivity contribution in [2.24, 2.45) is 5.92 Å². The highest BCUT2D eigenvalue weighted by Crippen LogP contribution is 2.27. The van der Waals surface area contributed by atoms with Gasteiger partial charge in [-0.15, -0.1) is 0 Å². The second-order valence-electron chi connectivity index (χ2n) is 6.10. The van der Waals surface area contributed by atoms with Crippen LogP contribution in [0.3, 0.4) is 0 Å². The summed E-state index contributed by atoms with van der Waals surface area (Å²) >= 11 is 0. The monoisotopic (exact) mass is 360 g/mol. The van der Waals surface area contributed by atoms with Crippen molar-refractivity contribution in [2.75, 3.05) is 32.9 Å². The van der Waals surface area contributed by atoms with E-state index in [4.69, 9.17) is 0 Å². The number of nitrogens with zero attached hydrogens (tertiary/aromatic N) is 1. The van der Waals surface area contributed by atoms with E-state index >= 15 is 0 Å². The number of benzene rings is 1. The third kappa shape index (κ3) is 4.12. The lowest BCUT2D eigenvalue weighted by molar-refractivity contribution is 0.270. The largest absolute Gasteiger partial charge is 0.319 e. The average molecular weight is 361 g/mol. The van der Waals surface area contributed by atoms with Crippen LogP contribution in [-0.2, 0) is 19.9 Å². The molecule has 0 unspecified atom stereocenters. The first-order valence-electron chi connectivity index (χ1n) is 7.61. The van der Waals surface area contributed by atoms with Crippen LogP contribution in [0.5, 0.6) is 0 Å². The molecule has 0 amide bonds. The normalized spacial score (nSPS) is 18.2. The first kappa shape index (κ1) is 18.4. The van der Waals surface area contributed by atoms with E-state index in [1.54, 1.807) is 13.0 Å². The van der Waals surface area contributed by atoms with E-state index < -0.39 is 19.9 Å². The summed E-state index contributed by atoms with van der Waals surface area (Å²) in [6.45, 7) is 3.51. The molecule has 0 aliphatic carbocycles. The molecule has 0 saturated carbocycles. The molecule has 2 rings (SSSR count). The second-order valence-corrected chi connectivity index (χ2v) is 10.0. The fourth-order valence-corrected chi connectivity index (χ4v) is 5.31. The first-order chi connectivity index (χ1) is 10.7. The predicted molar refractivity (Wildman–Crippen MR) is 89.7 cm³/mol. The lowest BCUT2D eigenvalue weighted by Gasteiger charge is -2.31. The lowest BCUT2D eigenvalue weighted by atomic mass is 9.98. The van der Waals surface area contributed by atoms with Crippen LogP contribution in [0, 0.1) is 12.8 Å². The molecule has 1 aromatic rings. The van der Waals surface area contributed by atoms with Crippen LogP contribution in [-0.4, -0.2) is 54.1 Å². The summed E-state index contributed by atoms with van der Waals surface area (Å²) < 4.78 is 50.6. The number of hydrogen-bond acceptors (Lipinski definition) is 5. The summed E-state index contributed by atoms with van der Waals surface area (Å²) in [7, 11) is -5.21. The molecule has 23 heavy (non-hydrogen) atoms. The van der Waals surface area contributed by atoms with Gasteiger partial charge in [-0.05, 0) is 57.0 Å². The molecule has 6 nitrogen and oxygen atoms in total. The summed E-state index contributed by atoms with van der Waals surface area (Å²) in [6.07, 6.45) is 2.70. The third-order valence-electron chi connectivity index (χ3n) is 4.27. The predicted octanol–water partition coefficient (Wildman–Crippen LogP) is 1.02. The summed E-state index contributed by atoms with van der Waals surface area (Å²) in [5.41, 5.74) is 0.565. The maximum absolute atomic E-state index is 12.9. The maximum atomic E-state index is 12.9. The summed E-state index contributed by atoms with van der Waals surface area (Å²) in [5, 5.41) is 3.12. The topological polar surface area (TPSA) is 83.6 Å². The molecule has 1 fully saturated rings. The van der Waals surface area contributed by atoms with Gasteiger partial charge < -0.3 is 5.32 Å². The van der Waals surface area contributed by atoms with Gasteiger partial charge in [0, 0.05) is 19.3 Å². The number of sulfonamides is 1. The van der Waals surface area contributed by atoms with Crippen LogP contribution in [0.2, 0.25) is 0 Å². The fourth-order valence-electron chi connectivity index (χ4n) is 2.87. The maximum Gasteiger partial charge on any atom is 0.243 e. The molecule has 0 bridgehead atoms. The Balaban J connectivity index is 2.30. The smallest absolute Gasteiger partial charge is 0.243 e. The van der Waals surface area contributed by atoms with E-state index in [1.165, 1.54) is 16.4 Å². The summed E-state index contributed by atoms with van der Waals surface area (Å²) in [5.74, 6) is 0.481. The average Bonchev–Trinajstić information content (AvgIpc) is 2.47. The zero-order chi connectivity index (χ0) is 17.3. The Morgan fingerprint density at radius 2 is 1.78 bits per heavy atom. The van der Waals surface area contributed by atoms with Gasteiger partial charge in [-0.3, -0.25) is 0 Å². The Labute approximate surface area is 138 Å². The zero-order valence-electron chi connectivity index (χ0n) is 13.7. The van der Waals surface area contributed by atoms with Crippen molar-refractivity contribution in [3.63, 3.8) is 0 Å². The minimum absolute atomic E-state index is 0.0340. The van der Waals surface area contributed by atoms with Crippen LogP contribution in [0.1, 0.15) is 18.4 Å². The molecule has 1 aliphatic heterocycles. The molecular formula is C15H24N2O4S2. The van der Waals surface area contributed by atoms with Crippen LogP contribution in [0.4, 0.5) is 0 Å². The number of sulfone groups is 1. The highest BCUT2D eigenvalue weighted by Gasteiger charge is 2.30. The SMILES string of the molecule is CNCC1CCN(S(=O)(=O)c2cc(S(C)(=O)=O)ccc2C)CC1. The van der Waals surface area contributed by atoms with E-state index in [0.717, 1.165) is 25.6 Å². The van der Waals surface area contributed by atoms with Crippen LogP contribution in [0.25, 0.3) is 0 Å². The number of piperidine rings is 1. The first-order valence-corrected chi connectivity index (χ1v) is 10.9. The molecule has 1 saturated heterocycles. The second kappa shape index (κ2) is 6.88. The number of aryl methyl sites for hydroxylation is 1. The van der Waals surface area contributed by atoms with Crippen molar-refractivity contribution >= 4 is 19.9 Å². The van der Waals surface area contributed by atoms with Crippen LogP contribution < -0.4 is 5.32 Å². The van der Waals surface area contributed by atoms with Crippen molar-refractivity contribution in [3.8, 4) is 0 Å². The lowest BCUT2D eigenvalue weighted by Crippen LogP contribution is -2.40. The van der Waals surface area contributed by atoms with Crippen LogP contribution >= 0.6 is 0 Å². The minimum atomic E-state index is -3.67. The molecule has 1 heterocycles. The van der Waals surface area contributed by atoms with Gasteiger partial charge in [-0.1, -0.05) is 6.07 Å². The standard InChI is InChI=1S/C15H24N2O4S2/c1-12-4-5-14(22(3,18)19)10-15(12)23(20,21)17-8-6-13(7-9-17)11-16-2/h4-5,10,13,16H,6-9,11H2,1-3H3. The van der Waals surface area contributed by atoms with Gasteiger partial charge in [0.15, 0.2) is 9.84 Å². The van der Waals surface area contributed by atoms with Gasteiger partial charge in [0.25, 0.3) is 0 Å². The fraction of sp³-hybridized carbons (Fsp3) is 0.600. The Morgan fingerprint density at radius 3 is 2.30 bits per heavy atom. The highest BCUT2D eigenvalue weighted by molar-refractivity contribution is 7.91. The minimum Gasteiger partial charge on any atom is -0.319 e. The van der Waals surface area contributed by atoms with Crippen LogP contribution in [0.15, 0.2) is 28.0 Å². The number of nitrogens with one attached hydrogen (secondary N) is 1. The quantitative estimate of drug-likeness (QED) is 0.847. The van der Waals surface area contributed by atoms with Crippen molar-refractivity contribution in [3.05, 3.63) is 23.8 Å². The van der Waals surface area contributed by atoms with E-state index in [9.17, 15) is 16.8 Å². The molecule has 1 aliphatic rings. The Morgan fingerprint density at radius 1 is 1.17 bits per heavy atom. The van der Waals surface area contributed by atoms with E-state index in [0.29, 0.717) is 24.6 Å². The van der Waals surface area contributed by atoms with Crippen molar-refractivity contribution < 1.29 is 16.8 Å². The van der Waals surface area contributed by atoms with Crippen molar-refractivity contribution in [1.29, 1.82) is 0 Å². The molecule has 0 aromatic heterocycles. The van der Waals surface area contributed by atoms with E-state index in [1.807, 2.05) is 7.05 Å². The van der Waals surface area contributed by atoms with E-state index in [-0.39, 0.29) is 9.79 Å². The Bertz CT molecular complexity index is 765. The number of rotatable bonds is 5. The van der Waals surface area contributed by atoms with E-state index in [2.05, 4.69) is 5.32 Å². The van der Waals surface area contributed by atoms with Gasteiger partial charge in [0.05, 0.1) is 9.79 Å². The van der Waals surface area contributed by atoms with Crippen molar-refractivity contribution in [2.45, 2.75) is 29.6 Å². The Kier molecular flexibility index (Phi) is 5.50. The number of hydrogen-bond donors (Lipinski definition) is 1. The van der Waals surface area contributed by atoms with Gasteiger partial charge >= 0.3 is 0 Å². The zero-order valence-corrected chi connectivity index (χ0v) is 15.4. The highest BCUT2D eigenvalue weighted by atomic mass is 32.2. The van der Waals surface area contributed by atoms with Crippen molar-refractivity contribution in [1.82, 2.24) is 9.62 Å². The molecule has 0 atom stereocenters. The van der Waals surface area contributed by atoms with Gasteiger partial charge in [0.1, 0.15) is 0 Å². The molecule has 1 aromatic carbocycles. The summed E-state index contributed by atoms with van der Waals surface area (Å²) in [4.78, 5) is 0.124. The Hall–Kier alpha value is -0.960. The molecular weight excluding hydrogens is 336 g/mol. The third-order valence-corrected chi connectivity index (χ3v) is 7.42. The molecule has 8 heteroatoms. The molecule has 0 radical (unpaired) electrons. The molecule has 0 spiro atoms. The van der Waals surface area contributed by atoms with Gasteiger partial charge in [-0.2, -0.15) is 4.31 Å². The van der Waals surface area contributed by atoms with Gasteiger partial charge in [-0.25, -0.2) is 16.8 Å². The molecule has 130 valence electrons. The molecule has 1 N–H and O–H groups in total. The summed E-state index contributed by atoms with van der Waals surface area (Å²) in [6, 6.07) is 4.28. The van der Waals surface area contributed by atoms with Gasteiger partial charge in [0.2, 0.25) is 10.0 Å².